The predicted molar refractivity (Wildman–Crippen MR) is 134 cm³/mol. The summed E-state index contributed by atoms with van der Waals surface area (Å²) in [6.07, 6.45) is -4.01. The molecule has 11 heteroatoms. The maximum atomic E-state index is 13.2. The summed E-state index contributed by atoms with van der Waals surface area (Å²) < 4.78 is 66.3. The van der Waals surface area contributed by atoms with Crippen molar-refractivity contribution >= 4 is 22.1 Å². The van der Waals surface area contributed by atoms with Gasteiger partial charge < -0.3 is 4.90 Å². The Balaban J connectivity index is 1.67. The van der Waals surface area contributed by atoms with Gasteiger partial charge in [-0.15, -0.1) is 0 Å². The SMILES string of the molecule is CC(C)(CC#Cc1ccccc1)C(CS(=O)(=O)N1CCN(c2ccc(C(F)(F)F)cc2)CC1)N(O)C=O. The summed E-state index contributed by atoms with van der Waals surface area (Å²) in [6, 6.07) is 13.0. The summed E-state index contributed by atoms with van der Waals surface area (Å²) in [6.45, 7) is 4.30. The molecule has 1 heterocycles. The largest absolute Gasteiger partial charge is 0.416 e. The van der Waals surface area contributed by atoms with Crippen molar-refractivity contribution in [3.8, 4) is 11.8 Å². The lowest BCUT2D eigenvalue weighted by Gasteiger charge is -2.39. The van der Waals surface area contributed by atoms with Crippen molar-refractivity contribution in [3.63, 3.8) is 0 Å². The molecule has 7 nitrogen and oxygen atoms in total. The first kappa shape index (κ1) is 28.5. The number of hydrogen-bond acceptors (Lipinski definition) is 5. The second-order valence-corrected chi connectivity index (χ2v) is 11.6. The maximum absolute atomic E-state index is 13.2. The van der Waals surface area contributed by atoms with Crippen LogP contribution in [0.5, 0.6) is 0 Å². The van der Waals surface area contributed by atoms with Crippen LogP contribution in [-0.2, 0) is 21.0 Å². The van der Waals surface area contributed by atoms with Crippen molar-refractivity contribution in [1.29, 1.82) is 0 Å². The third kappa shape index (κ3) is 7.47. The molecule has 0 saturated carbocycles. The van der Waals surface area contributed by atoms with Crippen LogP contribution in [0.3, 0.4) is 0 Å². The Bertz CT molecular complexity index is 1220. The van der Waals surface area contributed by atoms with Crippen LogP contribution in [0.25, 0.3) is 0 Å². The highest BCUT2D eigenvalue weighted by Gasteiger charge is 2.39. The quantitative estimate of drug-likeness (QED) is 0.240. The number of anilines is 1. The number of hydrogen-bond donors (Lipinski definition) is 1. The molecule has 37 heavy (non-hydrogen) atoms. The van der Waals surface area contributed by atoms with Crippen molar-refractivity contribution in [2.75, 3.05) is 36.8 Å². The number of sulfonamides is 1. The Kier molecular flexibility index (Phi) is 8.89. The van der Waals surface area contributed by atoms with Crippen LogP contribution in [0.1, 0.15) is 31.4 Å². The number of carbonyl (C=O) groups excluding carboxylic acids is 1. The standard InChI is InChI=1S/C26H30F3N3O4S/c1-25(2,14-6-9-21-7-4-3-5-8-21)24(32(34)20-33)19-37(35,36)31-17-15-30(16-18-31)23-12-10-22(11-13-23)26(27,28)29/h3-5,7-8,10-13,20,24,34H,14-19H2,1-2H3. The molecule has 1 aliphatic rings. The van der Waals surface area contributed by atoms with Gasteiger partial charge in [0.15, 0.2) is 0 Å². The molecule has 0 aliphatic carbocycles. The van der Waals surface area contributed by atoms with E-state index in [1.54, 1.807) is 13.8 Å². The molecule has 0 spiro atoms. The highest BCUT2D eigenvalue weighted by atomic mass is 32.2. The van der Waals surface area contributed by atoms with Crippen LogP contribution in [0, 0.1) is 17.3 Å². The molecule has 0 bridgehead atoms. The number of alkyl halides is 3. The zero-order valence-corrected chi connectivity index (χ0v) is 21.5. The number of hydroxylamine groups is 2. The van der Waals surface area contributed by atoms with Gasteiger partial charge in [0.25, 0.3) is 0 Å². The molecule has 1 amide bonds. The fourth-order valence-electron chi connectivity index (χ4n) is 4.14. The molecule has 2 aromatic rings. The minimum Gasteiger partial charge on any atom is -0.369 e. The Morgan fingerprint density at radius 2 is 1.62 bits per heavy atom. The van der Waals surface area contributed by atoms with Gasteiger partial charge in [0.2, 0.25) is 16.4 Å². The average molecular weight is 538 g/mol. The van der Waals surface area contributed by atoms with Crippen LogP contribution in [-0.4, -0.2) is 67.4 Å². The molecule has 1 atom stereocenters. The first-order valence-corrected chi connectivity index (χ1v) is 13.3. The van der Waals surface area contributed by atoms with Crippen LogP contribution in [0.15, 0.2) is 54.6 Å². The van der Waals surface area contributed by atoms with E-state index in [-0.39, 0.29) is 39.0 Å². The Labute approximate surface area is 215 Å². The second-order valence-electron chi connectivity index (χ2n) is 9.54. The van der Waals surface area contributed by atoms with Gasteiger partial charge in [-0.05, 0) is 41.8 Å². The van der Waals surface area contributed by atoms with Gasteiger partial charge in [-0.2, -0.15) is 17.5 Å². The van der Waals surface area contributed by atoms with E-state index >= 15 is 0 Å². The first-order valence-electron chi connectivity index (χ1n) is 11.7. The number of amides is 1. The van der Waals surface area contributed by atoms with Crippen LogP contribution < -0.4 is 4.90 Å². The second kappa shape index (κ2) is 11.5. The zero-order chi connectivity index (χ0) is 27.3. The van der Waals surface area contributed by atoms with Gasteiger partial charge in [0, 0.05) is 43.9 Å². The molecule has 0 radical (unpaired) electrons. The molecule has 1 fully saturated rings. The smallest absolute Gasteiger partial charge is 0.369 e. The monoisotopic (exact) mass is 537 g/mol. The number of carbonyl (C=O) groups is 1. The number of benzene rings is 2. The Morgan fingerprint density at radius 1 is 1.03 bits per heavy atom. The number of piperazine rings is 1. The summed E-state index contributed by atoms with van der Waals surface area (Å²) in [4.78, 5) is 13.2. The third-order valence-corrected chi connectivity index (χ3v) is 8.33. The number of nitrogens with zero attached hydrogens (tertiary/aromatic N) is 3. The van der Waals surface area contributed by atoms with Crippen molar-refractivity contribution in [1.82, 2.24) is 9.37 Å². The van der Waals surface area contributed by atoms with E-state index in [4.69, 9.17) is 0 Å². The molecule has 1 N–H and O–H groups in total. The van der Waals surface area contributed by atoms with Crippen molar-refractivity contribution in [3.05, 3.63) is 65.7 Å². The lowest BCUT2D eigenvalue weighted by molar-refractivity contribution is -0.168. The van der Waals surface area contributed by atoms with E-state index in [2.05, 4.69) is 11.8 Å². The molecule has 1 unspecified atom stereocenters. The van der Waals surface area contributed by atoms with Gasteiger partial charge in [-0.3, -0.25) is 10.0 Å². The molecule has 2 aromatic carbocycles. The lowest BCUT2D eigenvalue weighted by atomic mass is 9.82. The summed E-state index contributed by atoms with van der Waals surface area (Å²) in [5, 5.41) is 10.6. The van der Waals surface area contributed by atoms with E-state index in [9.17, 15) is 31.6 Å². The fraction of sp³-hybridized carbons (Fsp3) is 0.423. The van der Waals surface area contributed by atoms with Crippen molar-refractivity contribution in [2.45, 2.75) is 32.5 Å². The minimum atomic E-state index is -4.43. The van der Waals surface area contributed by atoms with E-state index in [0.717, 1.165) is 17.7 Å². The molecule has 1 aliphatic heterocycles. The van der Waals surface area contributed by atoms with Gasteiger partial charge in [-0.25, -0.2) is 13.5 Å². The van der Waals surface area contributed by atoms with Gasteiger partial charge >= 0.3 is 6.18 Å². The van der Waals surface area contributed by atoms with Crippen LogP contribution in [0.4, 0.5) is 18.9 Å². The van der Waals surface area contributed by atoms with E-state index in [0.29, 0.717) is 10.8 Å². The molecule has 0 aromatic heterocycles. The van der Waals surface area contributed by atoms with Crippen molar-refractivity contribution < 1.29 is 31.6 Å². The van der Waals surface area contributed by atoms with Crippen LogP contribution >= 0.6 is 0 Å². The third-order valence-electron chi connectivity index (χ3n) is 6.44. The van der Waals surface area contributed by atoms with Gasteiger partial charge in [-0.1, -0.05) is 43.9 Å². The predicted octanol–water partition coefficient (Wildman–Crippen LogP) is 3.84. The average Bonchev–Trinajstić information content (AvgIpc) is 2.87. The van der Waals surface area contributed by atoms with Crippen molar-refractivity contribution in [2.24, 2.45) is 5.41 Å². The molecular formula is C26H30F3N3O4S. The zero-order valence-electron chi connectivity index (χ0n) is 20.6. The van der Waals surface area contributed by atoms with Gasteiger partial charge in [0.1, 0.15) is 0 Å². The number of halogens is 3. The molecular weight excluding hydrogens is 507 g/mol. The molecule has 200 valence electrons. The molecule has 1 saturated heterocycles. The normalized spacial score (nSPS) is 16.0. The topological polar surface area (TPSA) is 81.2 Å². The van der Waals surface area contributed by atoms with E-state index < -0.39 is 39.0 Å². The summed E-state index contributed by atoms with van der Waals surface area (Å²) in [7, 11) is -3.88. The minimum absolute atomic E-state index is 0.122. The fourth-order valence-corrected chi connectivity index (χ4v) is 6.07. The highest BCUT2D eigenvalue weighted by molar-refractivity contribution is 7.89. The maximum Gasteiger partial charge on any atom is 0.416 e. The summed E-state index contributed by atoms with van der Waals surface area (Å²) in [5.74, 6) is 5.52. The number of rotatable bonds is 8. The lowest BCUT2D eigenvalue weighted by Crippen LogP contribution is -2.54. The summed E-state index contributed by atoms with van der Waals surface area (Å²) in [5.41, 5.74) is -0.233. The Morgan fingerprint density at radius 3 is 2.16 bits per heavy atom. The van der Waals surface area contributed by atoms with E-state index in [1.807, 2.05) is 35.2 Å². The first-order chi connectivity index (χ1) is 17.3. The highest BCUT2D eigenvalue weighted by Crippen LogP contribution is 2.32. The van der Waals surface area contributed by atoms with Gasteiger partial charge in [0.05, 0.1) is 17.4 Å². The summed E-state index contributed by atoms with van der Waals surface area (Å²) >= 11 is 0. The van der Waals surface area contributed by atoms with Crippen LogP contribution in [0.2, 0.25) is 0 Å². The molecule has 3 rings (SSSR count). The Hall–Kier alpha value is -3.07. The van der Waals surface area contributed by atoms with E-state index in [1.165, 1.54) is 16.4 Å².